The first kappa shape index (κ1) is 26.5. The van der Waals surface area contributed by atoms with Gasteiger partial charge in [0.2, 0.25) is 11.9 Å². The number of benzene rings is 1. The van der Waals surface area contributed by atoms with Crippen LogP contribution in [0.2, 0.25) is 5.02 Å². The van der Waals surface area contributed by atoms with Crippen LogP contribution in [0.5, 0.6) is 0 Å². The molecule has 1 amide bonds. The fourth-order valence-electron chi connectivity index (χ4n) is 5.72. The second-order valence-electron chi connectivity index (χ2n) is 10.6. The molecule has 2 unspecified atom stereocenters. The number of aromatic nitrogens is 3. The smallest absolute Gasteiger partial charge is 0.242 e. The standard InChI is InChI=1S/C29H38ClN7O/c1-31-29-34-26(17-27(35-29)37-12-6-7-13-37)33-25(14-20-8-4-3-5-9-20)28(38)32-18-24-16-21-10-11-23(30)15-22(21)19-36(24)2/h6-7,10-13,15,17,20,24-25H,3-5,8-9,14,16,18-19H2,1-2H3,(H,32,38)(H2,31,33,34,35). The molecule has 8 nitrogen and oxygen atoms in total. The molecule has 3 aromatic rings. The van der Waals surface area contributed by atoms with Crippen LogP contribution in [0.4, 0.5) is 11.8 Å². The maximum absolute atomic E-state index is 13.7. The predicted octanol–water partition coefficient (Wildman–Crippen LogP) is 4.89. The maximum atomic E-state index is 13.7. The number of amides is 1. The zero-order valence-electron chi connectivity index (χ0n) is 22.3. The number of carbonyl (C=O) groups is 1. The average molecular weight is 536 g/mol. The van der Waals surface area contributed by atoms with Gasteiger partial charge < -0.3 is 20.5 Å². The molecule has 3 heterocycles. The van der Waals surface area contributed by atoms with Gasteiger partial charge in [-0.15, -0.1) is 0 Å². The molecule has 1 fully saturated rings. The van der Waals surface area contributed by atoms with E-state index in [4.69, 9.17) is 11.6 Å². The number of anilines is 2. The molecular weight excluding hydrogens is 498 g/mol. The van der Waals surface area contributed by atoms with Crippen LogP contribution in [-0.2, 0) is 17.8 Å². The summed E-state index contributed by atoms with van der Waals surface area (Å²) >= 11 is 6.21. The summed E-state index contributed by atoms with van der Waals surface area (Å²) in [5.41, 5.74) is 2.57. The Morgan fingerprint density at radius 3 is 2.66 bits per heavy atom. The number of likely N-dealkylation sites (N-methyl/N-ethyl adjacent to an activating group) is 1. The van der Waals surface area contributed by atoms with E-state index in [2.05, 4.69) is 50.0 Å². The summed E-state index contributed by atoms with van der Waals surface area (Å²) in [6.45, 7) is 1.43. The SMILES string of the molecule is CNc1nc(NC(CC2CCCCC2)C(=O)NCC2Cc3ccc(Cl)cc3CN2C)cc(-n2cccc2)n1. The summed E-state index contributed by atoms with van der Waals surface area (Å²) in [4.78, 5) is 25.2. The zero-order valence-corrected chi connectivity index (χ0v) is 23.0. The molecule has 202 valence electrons. The normalized spacial score (nSPS) is 19.0. The molecule has 2 aromatic heterocycles. The summed E-state index contributed by atoms with van der Waals surface area (Å²) in [6, 6.07) is 11.8. The number of nitrogens with zero attached hydrogens (tertiary/aromatic N) is 4. The number of hydrogen-bond acceptors (Lipinski definition) is 6. The maximum Gasteiger partial charge on any atom is 0.242 e. The zero-order chi connectivity index (χ0) is 26.5. The van der Waals surface area contributed by atoms with E-state index in [1.807, 2.05) is 41.2 Å². The highest BCUT2D eigenvalue weighted by Crippen LogP contribution is 2.29. The summed E-state index contributed by atoms with van der Waals surface area (Å²) in [5, 5.41) is 10.6. The summed E-state index contributed by atoms with van der Waals surface area (Å²) in [6.07, 6.45) is 11.7. The van der Waals surface area contributed by atoms with Gasteiger partial charge in [0.25, 0.3) is 0 Å². The number of fused-ring (bicyclic) bond motifs is 1. The van der Waals surface area contributed by atoms with Crippen LogP contribution in [0.1, 0.15) is 49.7 Å². The molecule has 38 heavy (non-hydrogen) atoms. The van der Waals surface area contributed by atoms with Gasteiger partial charge in [0, 0.05) is 49.7 Å². The van der Waals surface area contributed by atoms with Crippen LogP contribution in [-0.4, -0.2) is 58.1 Å². The summed E-state index contributed by atoms with van der Waals surface area (Å²) in [5.74, 6) is 2.47. The lowest BCUT2D eigenvalue weighted by Gasteiger charge is -2.35. The lowest BCUT2D eigenvalue weighted by atomic mass is 9.84. The molecular formula is C29H38ClN7O. The highest BCUT2D eigenvalue weighted by molar-refractivity contribution is 6.30. The van der Waals surface area contributed by atoms with E-state index in [-0.39, 0.29) is 18.0 Å². The molecule has 0 bridgehead atoms. The molecule has 9 heteroatoms. The number of rotatable bonds is 9. The quantitative estimate of drug-likeness (QED) is 0.362. The van der Waals surface area contributed by atoms with Gasteiger partial charge in [0.05, 0.1) is 0 Å². The first-order valence-corrected chi connectivity index (χ1v) is 14.1. The molecule has 5 rings (SSSR count). The van der Waals surface area contributed by atoms with E-state index >= 15 is 0 Å². The third-order valence-electron chi connectivity index (χ3n) is 7.92. The number of hydrogen-bond donors (Lipinski definition) is 3. The number of nitrogens with one attached hydrogen (secondary N) is 3. The molecule has 2 atom stereocenters. The van der Waals surface area contributed by atoms with Crippen molar-refractivity contribution in [2.45, 2.75) is 63.6 Å². The molecule has 0 spiro atoms. The third kappa shape index (κ3) is 6.48. The van der Waals surface area contributed by atoms with Crippen molar-refractivity contribution in [1.29, 1.82) is 0 Å². The van der Waals surface area contributed by atoms with Crippen molar-refractivity contribution in [3.63, 3.8) is 0 Å². The van der Waals surface area contributed by atoms with Gasteiger partial charge in [-0.2, -0.15) is 9.97 Å². The second kappa shape index (κ2) is 12.2. The average Bonchev–Trinajstić information content (AvgIpc) is 3.47. The Kier molecular flexibility index (Phi) is 8.49. The highest BCUT2D eigenvalue weighted by atomic mass is 35.5. The topological polar surface area (TPSA) is 87.1 Å². The van der Waals surface area contributed by atoms with Crippen molar-refractivity contribution < 1.29 is 4.79 Å². The summed E-state index contributed by atoms with van der Waals surface area (Å²) in [7, 11) is 3.92. The minimum Gasteiger partial charge on any atom is -0.358 e. The van der Waals surface area contributed by atoms with Crippen LogP contribution in [0.15, 0.2) is 48.8 Å². The van der Waals surface area contributed by atoms with Gasteiger partial charge in [-0.3, -0.25) is 9.69 Å². The molecule has 0 saturated heterocycles. The lowest BCUT2D eigenvalue weighted by Crippen LogP contribution is -2.49. The van der Waals surface area contributed by atoms with E-state index in [1.165, 1.54) is 43.2 Å². The first-order valence-electron chi connectivity index (χ1n) is 13.7. The van der Waals surface area contributed by atoms with Crippen LogP contribution < -0.4 is 16.0 Å². The summed E-state index contributed by atoms with van der Waals surface area (Å²) < 4.78 is 1.94. The van der Waals surface area contributed by atoms with Crippen molar-refractivity contribution in [1.82, 2.24) is 24.8 Å². The number of carbonyl (C=O) groups excluding carboxylic acids is 1. The van der Waals surface area contributed by atoms with Gasteiger partial charge in [0.15, 0.2) is 0 Å². The lowest BCUT2D eigenvalue weighted by molar-refractivity contribution is -0.122. The molecule has 1 aromatic carbocycles. The molecule has 3 N–H and O–H groups in total. The highest BCUT2D eigenvalue weighted by Gasteiger charge is 2.28. The molecule has 0 radical (unpaired) electrons. The Bertz CT molecular complexity index is 1230. The third-order valence-corrected chi connectivity index (χ3v) is 8.15. The van der Waals surface area contributed by atoms with Crippen LogP contribution in [0.3, 0.4) is 0 Å². The Hall–Kier alpha value is -3.10. The van der Waals surface area contributed by atoms with Crippen molar-refractivity contribution in [3.05, 3.63) is 64.9 Å². The van der Waals surface area contributed by atoms with Gasteiger partial charge in [-0.25, -0.2) is 0 Å². The Balaban J connectivity index is 1.30. The Labute approximate surface area is 230 Å². The van der Waals surface area contributed by atoms with Crippen molar-refractivity contribution in [2.75, 3.05) is 31.3 Å². The first-order chi connectivity index (χ1) is 18.5. The van der Waals surface area contributed by atoms with E-state index in [0.29, 0.717) is 24.2 Å². The number of halogens is 1. The molecule has 1 saturated carbocycles. The van der Waals surface area contributed by atoms with Gasteiger partial charge in [-0.05, 0) is 61.2 Å². The van der Waals surface area contributed by atoms with E-state index in [1.54, 1.807) is 7.05 Å². The largest absolute Gasteiger partial charge is 0.358 e. The van der Waals surface area contributed by atoms with E-state index in [9.17, 15) is 4.79 Å². The van der Waals surface area contributed by atoms with E-state index < -0.39 is 0 Å². The minimum absolute atomic E-state index is 0.0259. The molecule has 1 aliphatic carbocycles. The molecule has 2 aliphatic rings. The van der Waals surface area contributed by atoms with Gasteiger partial charge >= 0.3 is 0 Å². The minimum atomic E-state index is -0.366. The van der Waals surface area contributed by atoms with Crippen molar-refractivity contribution in [2.24, 2.45) is 5.92 Å². The second-order valence-corrected chi connectivity index (χ2v) is 11.1. The van der Waals surface area contributed by atoms with Crippen molar-refractivity contribution >= 4 is 29.3 Å². The monoisotopic (exact) mass is 535 g/mol. The predicted molar refractivity (Wildman–Crippen MR) is 153 cm³/mol. The van der Waals surface area contributed by atoms with Crippen LogP contribution >= 0.6 is 11.6 Å². The van der Waals surface area contributed by atoms with Crippen LogP contribution in [0.25, 0.3) is 5.82 Å². The molecule has 1 aliphatic heterocycles. The Morgan fingerprint density at radius 1 is 1.11 bits per heavy atom. The van der Waals surface area contributed by atoms with Gasteiger partial charge in [-0.1, -0.05) is 49.8 Å². The van der Waals surface area contributed by atoms with Crippen molar-refractivity contribution in [3.8, 4) is 5.82 Å². The fraction of sp³-hybridized carbons (Fsp3) is 0.483. The fourth-order valence-corrected chi connectivity index (χ4v) is 5.92. The Morgan fingerprint density at radius 2 is 1.89 bits per heavy atom. The van der Waals surface area contributed by atoms with Crippen LogP contribution in [0, 0.1) is 5.92 Å². The van der Waals surface area contributed by atoms with Gasteiger partial charge in [0.1, 0.15) is 17.7 Å². The van der Waals surface area contributed by atoms with E-state index in [0.717, 1.165) is 30.2 Å².